The third-order valence-electron chi connectivity index (χ3n) is 5.57. The zero-order chi connectivity index (χ0) is 23.4. The number of nitrogens with one attached hydrogen (secondary N) is 2. The van der Waals surface area contributed by atoms with Crippen LogP contribution in [0.2, 0.25) is 0 Å². The molecular formula is C24H23N3O5S. The van der Waals surface area contributed by atoms with Crippen molar-refractivity contribution in [1.82, 2.24) is 0 Å². The SMILES string of the molecule is COc1ccccc1NC(=O)c1c(NC(=O)c2ccc([N+](=O)[O-])cc2)sc2c1CCCCC2. The van der Waals surface area contributed by atoms with E-state index in [1.54, 1.807) is 12.1 Å². The summed E-state index contributed by atoms with van der Waals surface area (Å²) in [4.78, 5) is 37.8. The summed E-state index contributed by atoms with van der Waals surface area (Å²) in [7, 11) is 1.54. The fraction of sp³-hybridized carbons (Fsp3) is 0.250. The smallest absolute Gasteiger partial charge is 0.269 e. The van der Waals surface area contributed by atoms with E-state index in [0.717, 1.165) is 42.5 Å². The molecule has 33 heavy (non-hydrogen) atoms. The third kappa shape index (κ3) is 4.88. The van der Waals surface area contributed by atoms with Crippen molar-refractivity contribution in [2.24, 2.45) is 0 Å². The lowest BCUT2D eigenvalue weighted by Crippen LogP contribution is -2.18. The van der Waals surface area contributed by atoms with E-state index >= 15 is 0 Å². The van der Waals surface area contributed by atoms with Gasteiger partial charge in [-0.3, -0.25) is 19.7 Å². The average Bonchev–Trinajstić information content (AvgIpc) is 2.99. The predicted molar refractivity (Wildman–Crippen MR) is 128 cm³/mol. The van der Waals surface area contributed by atoms with Crippen molar-refractivity contribution >= 4 is 39.5 Å². The van der Waals surface area contributed by atoms with E-state index in [4.69, 9.17) is 4.74 Å². The normalized spacial score (nSPS) is 12.9. The van der Waals surface area contributed by atoms with Crippen LogP contribution in [0, 0.1) is 10.1 Å². The van der Waals surface area contributed by atoms with Crippen molar-refractivity contribution in [1.29, 1.82) is 0 Å². The van der Waals surface area contributed by atoms with Crippen LogP contribution in [0.1, 0.15) is 50.4 Å². The second-order valence-electron chi connectivity index (χ2n) is 7.68. The van der Waals surface area contributed by atoms with Gasteiger partial charge in [0, 0.05) is 22.6 Å². The first-order valence-electron chi connectivity index (χ1n) is 10.6. The molecule has 0 aliphatic heterocycles. The molecule has 1 aliphatic carbocycles. The van der Waals surface area contributed by atoms with Gasteiger partial charge in [-0.05, 0) is 55.5 Å². The van der Waals surface area contributed by atoms with Crippen molar-refractivity contribution in [3.8, 4) is 5.75 Å². The minimum Gasteiger partial charge on any atom is -0.495 e. The standard InChI is InChI=1S/C24H23N3O5S/c1-32-19-9-6-5-8-18(19)25-23(29)21-17-7-3-2-4-10-20(17)33-24(21)26-22(28)15-11-13-16(14-12-15)27(30)31/h5-6,8-9,11-14H,2-4,7,10H2,1H3,(H,25,29)(H,26,28). The van der Waals surface area contributed by atoms with Crippen LogP contribution < -0.4 is 15.4 Å². The Kier molecular flexibility index (Phi) is 6.69. The second kappa shape index (κ2) is 9.83. The molecule has 0 saturated carbocycles. The van der Waals surface area contributed by atoms with Crippen molar-refractivity contribution in [3.05, 3.63) is 80.2 Å². The summed E-state index contributed by atoms with van der Waals surface area (Å²) in [6.07, 6.45) is 4.75. The van der Waals surface area contributed by atoms with Crippen molar-refractivity contribution in [2.75, 3.05) is 17.7 Å². The molecule has 0 radical (unpaired) electrons. The van der Waals surface area contributed by atoms with Crippen LogP contribution in [-0.2, 0) is 12.8 Å². The summed E-state index contributed by atoms with van der Waals surface area (Å²) in [5.74, 6) is -0.186. The first kappa shape index (κ1) is 22.5. The molecule has 0 spiro atoms. The fourth-order valence-corrected chi connectivity index (χ4v) is 5.20. The van der Waals surface area contributed by atoms with E-state index in [1.807, 2.05) is 12.1 Å². The van der Waals surface area contributed by atoms with Crippen molar-refractivity contribution in [3.63, 3.8) is 0 Å². The third-order valence-corrected chi connectivity index (χ3v) is 6.78. The molecule has 0 bridgehead atoms. The molecule has 170 valence electrons. The quantitative estimate of drug-likeness (QED) is 0.286. The lowest BCUT2D eigenvalue weighted by molar-refractivity contribution is -0.384. The molecule has 0 fully saturated rings. The van der Waals surface area contributed by atoms with Crippen LogP contribution in [0.3, 0.4) is 0 Å². The van der Waals surface area contributed by atoms with Gasteiger partial charge in [0.15, 0.2) is 0 Å². The summed E-state index contributed by atoms with van der Waals surface area (Å²) in [6.45, 7) is 0. The van der Waals surface area contributed by atoms with E-state index in [-0.39, 0.29) is 17.2 Å². The molecule has 2 aromatic carbocycles. The monoisotopic (exact) mass is 465 g/mol. The Morgan fingerprint density at radius 1 is 0.970 bits per heavy atom. The number of fused-ring (bicyclic) bond motifs is 1. The van der Waals surface area contributed by atoms with E-state index in [1.165, 1.54) is 42.7 Å². The van der Waals surface area contributed by atoms with Crippen LogP contribution in [-0.4, -0.2) is 23.8 Å². The summed E-state index contributed by atoms with van der Waals surface area (Å²) in [5, 5.41) is 17.2. The number of methoxy groups -OCH3 is 1. The Morgan fingerprint density at radius 3 is 2.42 bits per heavy atom. The largest absolute Gasteiger partial charge is 0.495 e. The number of aryl methyl sites for hydroxylation is 1. The van der Waals surface area contributed by atoms with Gasteiger partial charge in [-0.15, -0.1) is 11.3 Å². The number of thiophene rings is 1. The van der Waals surface area contributed by atoms with Crippen LogP contribution >= 0.6 is 11.3 Å². The zero-order valence-corrected chi connectivity index (χ0v) is 18.9. The van der Waals surface area contributed by atoms with Gasteiger partial charge < -0.3 is 15.4 Å². The molecule has 0 atom stereocenters. The highest BCUT2D eigenvalue weighted by atomic mass is 32.1. The lowest BCUT2D eigenvalue weighted by Gasteiger charge is -2.12. The van der Waals surface area contributed by atoms with E-state index in [2.05, 4.69) is 10.6 Å². The highest BCUT2D eigenvalue weighted by Gasteiger charge is 2.26. The number of hydrogen-bond acceptors (Lipinski definition) is 6. The first-order valence-corrected chi connectivity index (χ1v) is 11.4. The van der Waals surface area contributed by atoms with E-state index in [0.29, 0.717) is 22.0 Å². The molecule has 0 saturated heterocycles. The second-order valence-corrected chi connectivity index (χ2v) is 8.79. The molecule has 1 aromatic heterocycles. The molecular weight excluding hydrogens is 442 g/mol. The van der Waals surface area contributed by atoms with Crippen LogP contribution in [0.25, 0.3) is 0 Å². The zero-order valence-electron chi connectivity index (χ0n) is 18.1. The van der Waals surface area contributed by atoms with Crippen LogP contribution in [0.5, 0.6) is 5.75 Å². The molecule has 4 rings (SSSR count). The Morgan fingerprint density at radius 2 is 1.70 bits per heavy atom. The molecule has 3 aromatic rings. The Balaban J connectivity index is 1.65. The van der Waals surface area contributed by atoms with Gasteiger partial charge in [-0.2, -0.15) is 0 Å². The van der Waals surface area contributed by atoms with Gasteiger partial charge in [0.2, 0.25) is 0 Å². The van der Waals surface area contributed by atoms with Crippen LogP contribution in [0.4, 0.5) is 16.4 Å². The highest BCUT2D eigenvalue weighted by Crippen LogP contribution is 2.38. The minimum atomic E-state index is -0.516. The number of benzene rings is 2. The number of nitro benzene ring substituents is 1. The average molecular weight is 466 g/mol. The number of carbonyl (C=O) groups excluding carboxylic acids is 2. The van der Waals surface area contributed by atoms with E-state index in [9.17, 15) is 19.7 Å². The summed E-state index contributed by atoms with van der Waals surface area (Å²) < 4.78 is 5.35. The predicted octanol–water partition coefficient (Wildman–Crippen LogP) is 5.44. The van der Waals surface area contributed by atoms with Gasteiger partial charge in [0.1, 0.15) is 10.8 Å². The molecule has 2 N–H and O–H groups in total. The van der Waals surface area contributed by atoms with E-state index < -0.39 is 10.8 Å². The number of para-hydroxylation sites is 2. The maximum Gasteiger partial charge on any atom is 0.269 e. The maximum absolute atomic E-state index is 13.4. The molecule has 2 amide bonds. The van der Waals surface area contributed by atoms with Gasteiger partial charge in [0.05, 0.1) is 23.3 Å². The van der Waals surface area contributed by atoms with Crippen LogP contribution in [0.15, 0.2) is 48.5 Å². The number of amides is 2. The number of hydrogen-bond donors (Lipinski definition) is 2. The number of nitro groups is 1. The number of anilines is 2. The molecule has 1 heterocycles. The molecule has 9 heteroatoms. The van der Waals surface area contributed by atoms with Gasteiger partial charge >= 0.3 is 0 Å². The summed E-state index contributed by atoms with van der Waals surface area (Å²) >= 11 is 1.42. The molecule has 0 unspecified atom stereocenters. The van der Waals surface area contributed by atoms with Gasteiger partial charge in [-0.1, -0.05) is 18.6 Å². The Bertz CT molecular complexity index is 1200. The Labute approximate surface area is 194 Å². The topological polar surface area (TPSA) is 111 Å². The van der Waals surface area contributed by atoms with Crippen molar-refractivity contribution < 1.29 is 19.2 Å². The Hall–Kier alpha value is -3.72. The van der Waals surface area contributed by atoms with Gasteiger partial charge in [0.25, 0.3) is 17.5 Å². The van der Waals surface area contributed by atoms with Crippen molar-refractivity contribution in [2.45, 2.75) is 32.1 Å². The first-order chi connectivity index (χ1) is 16.0. The number of ether oxygens (including phenoxy) is 1. The van der Waals surface area contributed by atoms with Gasteiger partial charge in [-0.25, -0.2) is 0 Å². The lowest BCUT2D eigenvalue weighted by atomic mass is 10.0. The number of non-ortho nitro benzene ring substituents is 1. The number of nitrogens with zero attached hydrogens (tertiary/aromatic N) is 1. The minimum absolute atomic E-state index is 0.0914. The molecule has 1 aliphatic rings. The summed E-state index contributed by atoms with van der Waals surface area (Å²) in [5.41, 5.74) is 2.18. The number of carbonyl (C=O) groups is 2. The fourth-order valence-electron chi connectivity index (χ4n) is 3.91. The molecule has 8 nitrogen and oxygen atoms in total. The number of rotatable bonds is 6. The highest BCUT2D eigenvalue weighted by molar-refractivity contribution is 7.17. The summed E-state index contributed by atoms with van der Waals surface area (Å²) in [6, 6.07) is 12.5. The maximum atomic E-state index is 13.4.